The van der Waals surface area contributed by atoms with Crippen LogP contribution >= 0.6 is 0 Å². The Morgan fingerprint density at radius 2 is 1.89 bits per heavy atom. The number of esters is 1. The summed E-state index contributed by atoms with van der Waals surface area (Å²) in [7, 11) is -3.10. The Kier molecular flexibility index (Phi) is 6.34. The molecule has 0 saturated carbocycles. The first-order valence-corrected chi connectivity index (χ1v) is 11.4. The van der Waals surface area contributed by atoms with E-state index in [0.29, 0.717) is 18.5 Å². The van der Waals surface area contributed by atoms with Crippen LogP contribution in [0.3, 0.4) is 0 Å². The van der Waals surface area contributed by atoms with Gasteiger partial charge in [-0.15, -0.1) is 0 Å². The molecule has 2 aromatic rings. The molecule has 0 unspecified atom stereocenters. The largest absolute Gasteiger partial charge is 0.452 e. The highest BCUT2D eigenvalue weighted by Crippen LogP contribution is 2.21. The molecule has 0 spiro atoms. The molecule has 1 atom stereocenters. The standard InChI is InChI=1S/C21H25NO5S/c1-2-3-12-22(17-11-13-28(25,26)15-17)20(23)14-27-21(24)19-10-6-8-16-7-4-5-9-18(16)19/h4-10,17H,2-3,11-15H2,1H3/t17-/m0/s1. The number of ether oxygens (including phenoxy) is 1. The zero-order valence-electron chi connectivity index (χ0n) is 16.0. The van der Waals surface area contributed by atoms with Gasteiger partial charge in [0.25, 0.3) is 5.91 Å². The lowest BCUT2D eigenvalue weighted by Crippen LogP contribution is -2.43. The van der Waals surface area contributed by atoms with E-state index in [1.807, 2.05) is 37.3 Å². The molecule has 0 bridgehead atoms. The van der Waals surface area contributed by atoms with Gasteiger partial charge >= 0.3 is 5.97 Å². The van der Waals surface area contributed by atoms with Gasteiger partial charge in [-0.2, -0.15) is 0 Å². The highest BCUT2D eigenvalue weighted by atomic mass is 32.2. The summed E-state index contributed by atoms with van der Waals surface area (Å²) in [5, 5.41) is 1.69. The Morgan fingerprint density at radius 1 is 1.14 bits per heavy atom. The van der Waals surface area contributed by atoms with E-state index in [1.165, 1.54) is 0 Å². The number of nitrogens with zero attached hydrogens (tertiary/aromatic N) is 1. The third-order valence-electron chi connectivity index (χ3n) is 5.06. The molecule has 3 rings (SSSR count). The van der Waals surface area contributed by atoms with Crippen LogP contribution in [-0.4, -0.2) is 55.9 Å². The molecule has 150 valence electrons. The predicted molar refractivity (Wildman–Crippen MR) is 108 cm³/mol. The van der Waals surface area contributed by atoms with Crippen LogP contribution in [0.15, 0.2) is 42.5 Å². The van der Waals surface area contributed by atoms with Gasteiger partial charge in [-0.1, -0.05) is 49.7 Å². The number of rotatable bonds is 7. The molecule has 1 heterocycles. The lowest BCUT2D eigenvalue weighted by Gasteiger charge is -2.28. The first kappa shape index (κ1) is 20.3. The monoisotopic (exact) mass is 403 g/mol. The summed E-state index contributed by atoms with van der Waals surface area (Å²) in [5.41, 5.74) is 0.412. The maximum atomic E-state index is 12.7. The summed E-state index contributed by atoms with van der Waals surface area (Å²) >= 11 is 0. The van der Waals surface area contributed by atoms with Crippen molar-refractivity contribution in [1.82, 2.24) is 4.90 Å². The predicted octanol–water partition coefficient (Wildman–Crippen LogP) is 2.81. The average Bonchev–Trinajstić information content (AvgIpc) is 3.05. The number of amides is 1. The number of carbonyl (C=O) groups excluding carboxylic acids is 2. The molecule has 1 amide bonds. The number of unbranched alkanes of at least 4 members (excludes halogenated alkanes) is 1. The van der Waals surface area contributed by atoms with Crippen LogP contribution in [0.1, 0.15) is 36.5 Å². The molecule has 0 aromatic heterocycles. The van der Waals surface area contributed by atoms with Crippen molar-refractivity contribution in [2.75, 3.05) is 24.7 Å². The van der Waals surface area contributed by atoms with E-state index in [2.05, 4.69) is 0 Å². The van der Waals surface area contributed by atoms with Gasteiger partial charge in [-0.05, 0) is 29.7 Å². The number of benzene rings is 2. The van der Waals surface area contributed by atoms with Crippen molar-refractivity contribution >= 4 is 32.5 Å². The van der Waals surface area contributed by atoms with Crippen molar-refractivity contribution in [2.24, 2.45) is 0 Å². The third kappa shape index (κ3) is 4.70. The maximum absolute atomic E-state index is 12.7. The van der Waals surface area contributed by atoms with Crippen LogP contribution in [0.25, 0.3) is 10.8 Å². The molecule has 0 N–H and O–H groups in total. The minimum atomic E-state index is -3.10. The Hall–Kier alpha value is -2.41. The minimum absolute atomic E-state index is 0.0142. The normalized spacial score (nSPS) is 18.1. The van der Waals surface area contributed by atoms with Crippen molar-refractivity contribution in [1.29, 1.82) is 0 Å². The highest BCUT2D eigenvalue weighted by molar-refractivity contribution is 7.91. The molecule has 7 heteroatoms. The fourth-order valence-corrected chi connectivity index (χ4v) is 5.28. The first-order valence-electron chi connectivity index (χ1n) is 9.56. The van der Waals surface area contributed by atoms with Crippen molar-refractivity contribution in [3.05, 3.63) is 48.0 Å². The maximum Gasteiger partial charge on any atom is 0.339 e. The molecule has 1 aliphatic heterocycles. The number of hydrogen-bond donors (Lipinski definition) is 0. The fourth-order valence-electron chi connectivity index (χ4n) is 3.55. The van der Waals surface area contributed by atoms with Gasteiger partial charge < -0.3 is 9.64 Å². The van der Waals surface area contributed by atoms with E-state index < -0.39 is 15.8 Å². The van der Waals surface area contributed by atoms with Gasteiger partial charge in [-0.25, -0.2) is 13.2 Å². The molecule has 28 heavy (non-hydrogen) atoms. The molecular formula is C21H25NO5S. The quantitative estimate of drug-likeness (QED) is 0.664. The Balaban J connectivity index is 1.68. The van der Waals surface area contributed by atoms with Gasteiger partial charge in [-0.3, -0.25) is 4.79 Å². The van der Waals surface area contributed by atoms with Crippen LogP contribution in [0, 0.1) is 0 Å². The van der Waals surface area contributed by atoms with Crippen molar-refractivity contribution in [2.45, 2.75) is 32.2 Å². The number of hydrogen-bond acceptors (Lipinski definition) is 5. The minimum Gasteiger partial charge on any atom is -0.452 e. The fraction of sp³-hybridized carbons (Fsp3) is 0.429. The van der Waals surface area contributed by atoms with E-state index in [4.69, 9.17) is 4.74 Å². The van der Waals surface area contributed by atoms with E-state index in [1.54, 1.807) is 17.0 Å². The molecule has 1 fully saturated rings. The SMILES string of the molecule is CCCCN(C(=O)COC(=O)c1cccc2ccccc12)[C@H]1CCS(=O)(=O)C1. The smallest absolute Gasteiger partial charge is 0.339 e. The average molecular weight is 404 g/mol. The van der Waals surface area contributed by atoms with Gasteiger partial charge in [0.15, 0.2) is 16.4 Å². The van der Waals surface area contributed by atoms with E-state index in [9.17, 15) is 18.0 Å². The lowest BCUT2D eigenvalue weighted by molar-refractivity contribution is -0.136. The number of fused-ring (bicyclic) bond motifs is 1. The second-order valence-electron chi connectivity index (χ2n) is 7.10. The second kappa shape index (κ2) is 8.73. The van der Waals surface area contributed by atoms with Crippen molar-refractivity contribution < 1.29 is 22.7 Å². The van der Waals surface area contributed by atoms with Crippen LogP contribution in [-0.2, 0) is 19.4 Å². The zero-order chi connectivity index (χ0) is 20.1. The summed E-state index contributed by atoms with van der Waals surface area (Å²) < 4.78 is 28.9. The Morgan fingerprint density at radius 3 is 2.61 bits per heavy atom. The molecular weight excluding hydrogens is 378 g/mol. The third-order valence-corrected chi connectivity index (χ3v) is 6.81. The first-order chi connectivity index (χ1) is 13.4. The van der Waals surface area contributed by atoms with Crippen molar-refractivity contribution in [3.63, 3.8) is 0 Å². The summed E-state index contributed by atoms with van der Waals surface area (Å²) in [6, 6.07) is 12.5. The Labute approximate surface area is 165 Å². The van der Waals surface area contributed by atoms with Crippen LogP contribution in [0.2, 0.25) is 0 Å². The molecule has 0 aliphatic carbocycles. The zero-order valence-corrected chi connectivity index (χ0v) is 16.8. The van der Waals surface area contributed by atoms with Gasteiger partial charge in [0, 0.05) is 12.6 Å². The summed E-state index contributed by atoms with van der Waals surface area (Å²) in [4.78, 5) is 26.8. The van der Waals surface area contributed by atoms with Crippen molar-refractivity contribution in [3.8, 4) is 0 Å². The van der Waals surface area contributed by atoms with Gasteiger partial charge in [0.05, 0.1) is 17.1 Å². The molecule has 6 nitrogen and oxygen atoms in total. The van der Waals surface area contributed by atoms with Gasteiger partial charge in [0.1, 0.15) is 0 Å². The van der Waals surface area contributed by atoms with E-state index >= 15 is 0 Å². The molecule has 1 saturated heterocycles. The van der Waals surface area contributed by atoms with E-state index in [-0.39, 0.29) is 30.1 Å². The summed E-state index contributed by atoms with van der Waals surface area (Å²) in [6.07, 6.45) is 2.10. The highest BCUT2D eigenvalue weighted by Gasteiger charge is 2.34. The summed E-state index contributed by atoms with van der Waals surface area (Å²) in [6.45, 7) is 2.10. The summed E-state index contributed by atoms with van der Waals surface area (Å²) in [5.74, 6) is -0.813. The number of carbonyl (C=O) groups is 2. The van der Waals surface area contributed by atoms with Crippen LogP contribution in [0.4, 0.5) is 0 Å². The molecule has 0 radical (unpaired) electrons. The number of sulfone groups is 1. The molecule has 1 aliphatic rings. The van der Waals surface area contributed by atoms with Crippen LogP contribution < -0.4 is 0 Å². The molecule has 2 aromatic carbocycles. The van der Waals surface area contributed by atoms with Crippen LogP contribution in [0.5, 0.6) is 0 Å². The van der Waals surface area contributed by atoms with E-state index in [0.717, 1.165) is 23.6 Å². The van der Waals surface area contributed by atoms with Gasteiger partial charge in [0.2, 0.25) is 0 Å². The second-order valence-corrected chi connectivity index (χ2v) is 9.33. The Bertz CT molecular complexity index is 964. The topological polar surface area (TPSA) is 80.8 Å². The lowest BCUT2D eigenvalue weighted by atomic mass is 10.1.